The molecule has 1 aromatic heterocycles. The van der Waals surface area contributed by atoms with Gasteiger partial charge < -0.3 is 0 Å². The molecule has 0 aliphatic carbocycles. The third-order valence-electron chi connectivity index (χ3n) is 3.47. The number of nitrogens with one attached hydrogen (secondary N) is 1. The molecule has 5 nitrogen and oxygen atoms in total. The molecule has 1 aromatic carbocycles. The van der Waals surface area contributed by atoms with E-state index < -0.39 is 15.8 Å². The van der Waals surface area contributed by atoms with E-state index in [1.807, 2.05) is 25.5 Å². The van der Waals surface area contributed by atoms with Gasteiger partial charge in [0.25, 0.3) is 0 Å². The summed E-state index contributed by atoms with van der Waals surface area (Å²) >= 11 is 5.63. The van der Waals surface area contributed by atoms with Crippen LogP contribution in [0.5, 0.6) is 0 Å². The van der Waals surface area contributed by atoms with Gasteiger partial charge in [-0.3, -0.25) is 4.68 Å². The summed E-state index contributed by atoms with van der Waals surface area (Å²) in [6.45, 7) is 6.52. The summed E-state index contributed by atoms with van der Waals surface area (Å²) < 4.78 is 41.9. The van der Waals surface area contributed by atoms with Crippen molar-refractivity contribution in [3.05, 3.63) is 46.0 Å². The number of hydrogen-bond acceptors (Lipinski definition) is 3. The van der Waals surface area contributed by atoms with Crippen LogP contribution in [0, 0.1) is 19.7 Å². The number of benzene rings is 1. The average molecular weight is 346 g/mol. The van der Waals surface area contributed by atoms with Crippen LogP contribution in [0.1, 0.15) is 23.9 Å². The number of hydrogen-bond donors (Lipinski definition) is 1. The fourth-order valence-electron chi connectivity index (χ4n) is 2.19. The first kappa shape index (κ1) is 16.9. The van der Waals surface area contributed by atoms with Gasteiger partial charge in [-0.2, -0.15) is 5.10 Å². The van der Waals surface area contributed by atoms with Gasteiger partial charge in [0.05, 0.1) is 15.6 Å². The van der Waals surface area contributed by atoms with Crippen molar-refractivity contribution >= 4 is 21.6 Å². The molecule has 0 spiro atoms. The normalized spacial score (nSPS) is 11.9. The minimum atomic E-state index is -3.77. The smallest absolute Gasteiger partial charge is 0.240 e. The first-order chi connectivity index (χ1) is 10.3. The number of aryl methyl sites for hydroxylation is 2. The Morgan fingerprint density at radius 2 is 2.05 bits per heavy atom. The van der Waals surface area contributed by atoms with E-state index in [1.165, 1.54) is 6.07 Å². The third kappa shape index (κ3) is 3.31. The molecule has 8 heteroatoms. The molecule has 0 aliphatic rings. The minimum absolute atomic E-state index is 0.0721. The number of nitrogens with zero attached hydrogens (tertiary/aromatic N) is 2. The Kier molecular flexibility index (Phi) is 4.89. The molecule has 0 saturated carbocycles. The summed E-state index contributed by atoms with van der Waals surface area (Å²) in [5.74, 6) is -0.656. The third-order valence-corrected chi connectivity index (χ3v) is 5.16. The van der Waals surface area contributed by atoms with Crippen LogP contribution in [0.4, 0.5) is 4.39 Å². The standard InChI is InChI=1S/C14H17ClFN3O2S/c1-4-19-10(3)12(9(2)18-19)8-17-22(20,21)11-5-6-14(16)13(15)7-11/h5-7,17H,4,8H2,1-3H3. The molecule has 1 heterocycles. The highest BCUT2D eigenvalue weighted by Crippen LogP contribution is 2.20. The number of rotatable bonds is 5. The van der Waals surface area contributed by atoms with Crippen LogP contribution in [0.2, 0.25) is 5.02 Å². The lowest BCUT2D eigenvalue weighted by Gasteiger charge is -2.08. The van der Waals surface area contributed by atoms with E-state index in [0.29, 0.717) is 6.54 Å². The maximum atomic E-state index is 13.1. The fourth-order valence-corrected chi connectivity index (χ4v) is 3.46. The molecule has 0 radical (unpaired) electrons. The first-order valence-electron chi connectivity index (χ1n) is 6.74. The van der Waals surface area contributed by atoms with Gasteiger partial charge in [-0.05, 0) is 39.0 Å². The van der Waals surface area contributed by atoms with Crippen LogP contribution < -0.4 is 4.72 Å². The molecule has 1 N–H and O–H groups in total. The van der Waals surface area contributed by atoms with E-state index in [9.17, 15) is 12.8 Å². The molecule has 0 aliphatic heterocycles. The second-order valence-electron chi connectivity index (χ2n) is 4.87. The van der Waals surface area contributed by atoms with Crippen LogP contribution in [0.3, 0.4) is 0 Å². The largest absolute Gasteiger partial charge is 0.270 e. The Bertz CT molecular complexity index is 803. The molecule has 120 valence electrons. The quantitative estimate of drug-likeness (QED) is 0.906. The molecular formula is C14H17ClFN3O2S. The lowest BCUT2D eigenvalue weighted by atomic mass is 10.2. The van der Waals surface area contributed by atoms with Gasteiger partial charge in [0.1, 0.15) is 5.82 Å². The Labute approximate surface area is 134 Å². The monoisotopic (exact) mass is 345 g/mol. The van der Waals surface area contributed by atoms with E-state index in [-0.39, 0.29) is 16.5 Å². The van der Waals surface area contributed by atoms with E-state index >= 15 is 0 Å². The summed E-state index contributed by atoms with van der Waals surface area (Å²) in [4.78, 5) is -0.0721. The lowest BCUT2D eigenvalue weighted by Crippen LogP contribution is -2.24. The van der Waals surface area contributed by atoms with Crippen molar-refractivity contribution in [1.29, 1.82) is 0 Å². The van der Waals surface area contributed by atoms with E-state index in [2.05, 4.69) is 9.82 Å². The second-order valence-corrected chi connectivity index (χ2v) is 7.04. The number of aromatic nitrogens is 2. The average Bonchev–Trinajstić information content (AvgIpc) is 2.74. The van der Waals surface area contributed by atoms with E-state index in [0.717, 1.165) is 29.1 Å². The summed E-state index contributed by atoms with van der Waals surface area (Å²) in [6.07, 6.45) is 0. The van der Waals surface area contributed by atoms with Crippen molar-refractivity contribution in [3.63, 3.8) is 0 Å². The predicted molar refractivity (Wildman–Crippen MR) is 82.8 cm³/mol. The van der Waals surface area contributed by atoms with Crippen molar-refractivity contribution in [3.8, 4) is 0 Å². The topological polar surface area (TPSA) is 64.0 Å². The maximum Gasteiger partial charge on any atom is 0.240 e. The summed E-state index contributed by atoms with van der Waals surface area (Å²) in [5, 5.41) is 4.11. The van der Waals surface area contributed by atoms with Gasteiger partial charge in [-0.15, -0.1) is 0 Å². The Hall–Kier alpha value is -1.44. The SMILES string of the molecule is CCn1nc(C)c(CNS(=O)(=O)c2ccc(F)c(Cl)c2)c1C. The molecule has 0 atom stereocenters. The molecule has 0 saturated heterocycles. The fraction of sp³-hybridized carbons (Fsp3) is 0.357. The maximum absolute atomic E-state index is 13.1. The number of halogens is 2. The van der Waals surface area contributed by atoms with E-state index in [1.54, 1.807) is 0 Å². The van der Waals surface area contributed by atoms with E-state index in [4.69, 9.17) is 11.6 Å². The number of sulfonamides is 1. The highest BCUT2D eigenvalue weighted by atomic mass is 35.5. The zero-order chi connectivity index (χ0) is 16.5. The van der Waals surface area contributed by atoms with Crippen LogP contribution >= 0.6 is 11.6 Å². The Balaban J connectivity index is 2.23. The van der Waals surface area contributed by atoms with Crippen LogP contribution in [-0.4, -0.2) is 18.2 Å². The summed E-state index contributed by atoms with van der Waals surface area (Å²) in [7, 11) is -3.77. The molecule has 0 fully saturated rings. The van der Waals surface area contributed by atoms with Gasteiger partial charge in [-0.1, -0.05) is 11.6 Å². The zero-order valence-corrected chi connectivity index (χ0v) is 14.1. The zero-order valence-electron chi connectivity index (χ0n) is 12.5. The Morgan fingerprint density at radius 1 is 1.36 bits per heavy atom. The van der Waals surface area contributed by atoms with Gasteiger partial charge >= 0.3 is 0 Å². The predicted octanol–water partition coefficient (Wildman–Crippen LogP) is 2.79. The molecule has 0 bridgehead atoms. The van der Waals surface area contributed by atoms with Gasteiger partial charge in [-0.25, -0.2) is 17.5 Å². The van der Waals surface area contributed by atoms with Crippen molar-refractivity contribution in [1.82, 2.24) is 14.5 Å². The lowest BCUT2D eigenvalue weighted by molar-refractivity contribution is 0.580. The molecular weight excluding hydrogens is 329 g/mol. The van der Waals surface area contributed by atoms with Crippen LogP contribution in [0.25, 0.3) is 0 Å². The second kappa shape index (κ2) is 6.36. The van der Waals surface area contributed by atoms with Crippen molar-refractivity contribution in [2.45, 2.75) is 38.8 Å². The van der Waals surface area contributed by atoms with Gasteiger partial charge in [0.2, 0.25) is 10.0 Å². The molecule has 0 amide bonds. The van der Waals surface area contributed by atoms with Crippen LogP contribution in [0.15, 0.2) is 23.1 Å². The molecule has 0 unspecified atom stereocenters. The minimum Gasteiger partial charge on any atom is -0.270 e. The highest BCUT2D eigenvalue weighted by Gasteiger charge is 2.18. The molecule has 22 heavy (non-hydrogen) atoms. The van der Waals surface area contributed by atoms with Gasteiger partial charge in [0.15, 0.2) is 0 Å². The van der Waals surface area contributed by atoms with Gasteiger partial charge in [0, 0.05) is 24.3 Å². The first-order valence-corrected chi connectivity index (χ1v) is 8.60. The Morgan fingerprint density at radius 3 is 2.59 bits per heavy atom. The van der Waals surface area contributed by atoms with Crippen molar-refractivity contribution < 1.29 is 12.8 Å². The van der Waals surface area contributed by atoms with Crippen LogP contribution in [-0.2, 0) is 23.1 Å². The highest BCUT2D eigenvalue weighted by molar-refractivity contribution is 7.89. The summed E-state index contributed by atoms with van der Waals surface area (Å²) in [5.41, 5.74) is 2.53. The summed E-state index contributed by atoms with van der Waals surface area (Å²) in [6, 6.07) is 3.30. The van der Waals surface area contributed by atoms with Crippen molar-refractivity contribution in [2.24, 2.45) is 0 Å². The van der Waals surface area contributed by atoms with Crippen molar-refractivity contribution in [2.75, 3.05) is 0 Å². The molecule has 2 rings (SSSR count). The molecule has 2 aromatic rings.